The van der Waals surface area contributed by atoms with Gasteiger partial charge in [0.05, 0.1) is 4.91 Å². The SMILES string of the molecule is Cc1c(/C=C2/SC(=NC(C)C)N(C(C)C)C2=O)c2ccccc2n1Cc1ccc(Br)cc1. The minimum absolute atomic E-state index is 0.0357. The summed E-state index contributed by atoms with van der Waals surface area (Å²) in [6.45, 7) is 11.1. The molecule has 0 radical (unpaired) electrons. The summed E-state index contributed by atoms with van der Waals surface area (Å²) >= 11 is 5.00. The van der Waals surface area contributed by atoms with Crippen LogP contribution in [0.15, 0.2) is 62.9 Å². The Kier molecular flexibility index (Phi) is 6.63. The highest BCUT2D eigenvalue weighted by molar-refractivity contribution is 9.10. The summed E-state index contributed by atoms with van der Waals surface area (Å²) in [5, 5.41) is 1.95. The van der Waals surface area contributed by atoms with Crippen LogP contribution in [0.25, 0.3) is 17.0 Å². The lowest BCUT2D eigenvalue weighted by molar-refractivity contribution is -0.123. The first-order valence-electron chi connectivity index (χ1n) is 10.9. The van der Waals surface area contributed by atoms with E-state index in [-0.39, 0.29) is 18.0 Å². The smallest absolute Gasteiger partial charge is 0.266 e. The number of carbonyl (C=O) groups excluding carboxylic acids is 1. The van der Waals surface area contributed by atoms with Crippen molar-refractivity contribution in [3.63, 3.8) is 0 Å². The van der Waals surface area contributed by atoms with Gasteiger partial charge in [-0.3, -0.25) is 14.7 Å². The quantitative estimate of drug-likeness (QED) is 0.352. The van der Waals surface area contributed by atoms with Crippen LogP contribution in [-0.4, -0.2) is 32.6 Å². The van der Waals surface area contributed by atoms with E-state index in [1.165, 1.54) is 22.8 Å². The Morgan fingerprint density at radius 3 is 2.41 bits per heavy atom. The second-order valence-electron chi connectivity index (χ2n) is 8.61. The van der Waals surface area contributed by atoms with Crippen LogP contribution in [0.5, 0.6) is 0 Å². The number of benzene rings is 2. The number of carbonyl (C=O) groups is 1. The van der Waals surface area contributed by atoms with Gasteiger partial charge in [-0.25, -0.2) is 0 Å². The molecule has 1 aromatic heterocycles. The highest BCUT2D eigenvalue weighted by Crippen LogP contribution is 2.37. The molecule has 1 aliphatic rings. The highest BCUT2D eigenvalue weighted by Gasteiger charge is 2.35. The Hall–Kier alpha value is -2.31. The number of fused-ring (bicyclic) bond motifs is 1. The largest absolute Gasteiger partial charge is 0.340 e. The van der Waals surface area contributed by atoms with Crippen molar-refractivity contribution in [2.24, 2.45) is 4.99 Å². The topological polar surface area (TPSA) is 37.6 Å². The minimum atomic E-state index is 0.0357. The van der Waals surface area contributed by atoms with E-state index in [2.05, 4.69) is 82.0 Å². The second kappa shape index (κ2) is 9.28. The number of hydrogen-bond donors (Lipinski definition) is 0. The maximum absolute atomic E-state index is 13.3. The zero-order valence-electron chi connectivity index (χ0n) is 19.1. The molecule has 0 N–H and O–H groups in total. The number of rotatable bonds is 5. The van der Waals surface area contributed by atoms with Gasteiger partial charge in [-0.15, -0.1) is 0 Å². The van der Waals surface area contributed by atoms with Crippen LogP contribution >= 0.6 is 27.7 Å². The van der Waals surface area contributed by atoms with Crippen molar-refractivity contribution in [2.75, 3.05) is 0 Å². The predicted molar refractivity (Wildman–Crippen MR) is 140 cm³/mol. The summed E-state index contributed by atoms with van der Waals surface area (Å²) in [4.78, 5) is 20.5. The molecule has 6 heteroatoms. The van der Waals surface area contributed by atoms with Crippen molar-refractivity contribution in [3.05, 3.63) is 74.7 Å². The van der Waals surface area contributed by atoms with Gasteiger partial charge in [0.1, 0.15) is 0 Å². The van der Waals surface area contributed by atoms with E-state index >= 15 is 0 Å². The first-order valence-corrected chi connectivity index (χ1v) is 12.5. The number of para-hydroxylation sites is 1. The molecule has 0 spiro atoms. The van der Waals surface area contributed by atoms with E-state index in [4.69, 9.17) is 4.99 Å². The van der Waals surface area contributed by atoms with E-state index < -0.39 is 0 Å². The molecule has 1 saturated heterocycles. The summed E-state index contributed by atoms with van der Waals surface area (Å²) in [5.74, 6) is 0.0357. The second-order valence-corrected chi connectivity index (χ2v) is 10.5. The summed E-state index contributed by atoms with van der Waals surface area (Å²) in [6, 6.07) is 17.1. The van der Waals surface area contributed by atoms with Gasteiger partial charge in [-0.05, 0) is 76.2 Å². The zero-order valence-corrected chi connectivity index (χ0v) is 21.5. The molecule has 2 heterocycles. The fourth-order valence-electron chi connectivity index (χ4n) is 4.00. The van der Waals surface area contributed by atoms with Crippen molar-refractivity contribution in [1.29, 1.82) is 0 Å². The lowest BCUT2D eigenvalue weighted by Crippen LogP contribution is -2.35. The van der Waals surface area contributed by atoms with E-state index in [0.29, 0.717) is 0 Å². The van der Waals surface area contributed by atoms with E-state index in [1.807, 2.05) is 32.6 Å². The minimum Gasteiger partial charge on any atom is -0.340 e. The Morgan fingerprint density at radius 2 is 1.75 bits per heavy atom. The summed E-state index contributed by atoms with van der Waals surface area (Å²) < 4.78 is 3.41. The summed E-state index contributed by atoms with van der Waals surface area (Å²) in [5.41, 5.74) is 4.66. The molecule has 4 nitrogen and oxygen atoms in total. The van der Waals surface area contributed by atoms with Crippen LogP contribution in [0.2, 0.25) is 0 Å². The number of aliphatic imine (C=N–C) groups is 1. The molecule has 166 valence electrons. The van der Waals surface area contributed by atoms with Crippen molar-refractivity contribution < 1.29 is 4.79 Å². The molecule has 2 aromatic carbocycles. The summed E-state index contributed by atoms with van der Waals surface area (Å²) in [6.07, 6.45) is 2.06. The average Bonchev–Trinajstić information content (AvgIpc) is 3.18. The van der Waals surface area contributed by atoms with Gasteiger partial charge in [-0.2, -0.15) is 0 Å². The number of amides is 1. The van der Waals surface area contributed by atoms with E-state index in [1.54, 1.807) is 0 Å². The van der Waals surface area contributed by atoms with E-state index in [9.17, 15) is 4.79 Å². The first kappa shape index (κ1) is 22.9. The molecule has 4 rings (SSSR count). The van der Waals surface area contributed by atoms with Gasteiger partial charge < -0.3 is 4.57 Å². The van der Waals surface area contributed by atoms with Crippen molar-refractivity contribution in [3.8, 4) is 0 Å². The molecule has 32 heavy (non-hydrogen) atoms. The predicted octanol–water partition coefficient (Wildman–Crippen LogP) is 6.85. The molecule has 0 atom stereocenters. The highest BCUT2D eigenvalue weighted by atomic mass is 79.9. The molecule has 0 aliphatic carbocycles. The van der Waals surface area contributed by atoms with Gasteiger partial charge in [0.25, 0.3) is 5.91 Å². The molecule has 1 amide bonds. The van der Waals surface area contributed by atoms with Gasteiger partial charge >= 0.3 is 0 Å². The van der Waals surface area contributed by atoms with Crippen LogP contribution in [0.1, 0.15) is 44.5 Å². The maximum Gasteiger partial charge on any atom is 0.266 e. The number of halogens is 1. The average molecular weight is 511 g/mol. The van der Waals surface area contributed by atoms with Gasteiger partial charge in [0, 0.05) is 45.3 Å². The fraction of sp³-hybridized carbons (Fsp3) is 0.308. The molecule has 0 unspecified atom stereocenters. The van der Waals surface area contributed by atoms with Gasteiger partial charge in [-0.1, -0.05) is 46.3 Å². The third kappa shape index (κ3) is 4.44. The monoisotopic (exact) mass is 509 g/mol. The molecule has 0 saturated carbocycles. The van der Waals surface area contributed by atoms with E-state index in [0.717, 1.165) is 37.7 Å². The molecular weight excluding hydrogens is 482 g/mol. The third-order valence-electron chi connectivity index (χ3n) is 5.53. The first-order chi connectivity index (χ1) is 15.3. The lowest BCUT2D eigenvalue weighted by atomic mass is 10.1. The van der Waals surface area contributed by atoms with Crippen molar-refractivity contribution >= 4 is 55.7 Å². The fourth-order valence-corrected chi connectivity index (χ4v) is 5.48. The van der Waals surface area contributed by atoms with Crippen molar-refractivity contribution in [1.82, 2.24) is 9.47 Å². The van der Waals surface area contributed by atoms with Crippen LogP contribution in [0.3, 0.4) is 0 Å². The van der Waals surface area contributed by atoms with Gasteiger partial charge in [0.15, 0.2) is 5.17 Å². The Bertz CT molecular complexity index is 1220. The molecule has 0 bridgehead atoms. The lowest BCUT2D eigenvalue weighted by Gasteiger charge is -2.20. The van der Waals surface area contributed by atoms with Crippen LogP contribution in [-0.2, 0) is 11.3 Å². The molecule has 1 fully saturated rings. The normalized spacial score (nSPS) is 17.1. The Morgan fingerprint density at radius 1 is 1.06 bits per heavy atom. The summed E-state index contributed by atoms with van der Waals surface area (Å²) in [7, 11) is 0. The molecular formula is C26H28BrN3OS. The molecule has 3 aromatic rings. The van der Waals surface area contributed by atoms with Crippen LogP contribution in [0.4, 0.5) is 0 Å². The standard InChI is InChI=1S/C26H28BrN3OS/c1-16(2)28-26-30(17(3)4)25(31)24(32-26)14-22-18(5)29(23-9-7-6-8-21(22)23)15-19-10-12-20(27)13-11-19/h6-14,16-17H,15H2,1-5H3/b24-14+,28-26?. The number of hydrogen-bond acceptors (Lipinski definition) is 3. The third-order valence-corrected chi connectivity index (χ3v) is 7.06. The number of thioether (sulfide) groups is 1. The zero-order chi connectivity index (χ0) is 23.0. The number of nitrogens with zero attached hydrogens (tertiary/aromatic N) is 3. The number of amidine groups is 1. The van der Waals surface area contributed by atoms with Crippen molar-refractivity contribution in [2.45, 2.75) is 53.2 Å². The molecule has 1 aliphatic heterocycles. The maximum atomic E-state index is 13.3. The van der Waals surface area contributed by atoms with Crippen LogP contribution < -0.4 is 0 Å². The van der Waals surface area contributed by atoms with Gasteiger partial charge in [0.2, 0.25) is 0 Å². The Labute approximate surface area is 202 Å². The van der Waals surface area contributed by atoms with Crippen LogP contribution in [0, 0.1) is 6.92 Å². The Balaban J connectivity index is 1.80. The number of aromatic nitrogens is 1.